The van der Waals surface area contributed by atoms with Gasteiger partial charge in [0.2, 0.25) is 0 Å². The molecular formula is C11H16N2O2. The van der Waals surface area contributed by atoms with Crippen molar-refractivity contribution in [1.29, 1.82) is 0 Å². The van der Waals surface area contributed by atoms with Crippen LogP contribution in [0.4, 0.5) is 0 Å². The van der Waals surface area contributed by atoms with Gasteiger partial charge in [-0.15, -0.1) is 0 Å². The maximum atomic E-state index is 11.0. The zero-order valence-electron chi connectivity index (χ0n) is 9.32. The van der Waals surface area contributed by atoms with Crippen molar-refractivity contribution in [1.82, 2.24) is 9.88 Å². The van der Waals surface area contributed by atoms with Crippen LogP contribution in [0.2, 0.25) is 0 Å². The molecule has 0 bridgehead atoms. The summed E-state index contributed by atoms with van der Waals surface area (Å²) in [7, 11) is 3.88. The number of aryl methyl sites for hydroxylation is 1. The van der Waals surface area contributed by atoms with Gasteiger partial charge >= 0.3 is 5.97 Å². The minimum Gasteiger partial charge on any atom is -0.478 e. The fraction of sp³-hybridized carbons (Fsp3) is 0.455. The van der Waals surface area contributed by atoms with Gasteiger partial charge in [-0.2, -0.15) is 0 Å². The summed E-state index contributed by atoms with van der Waals surface area (Å²) in [5.41, 5.74) is 1.89. The van der Waals surface area contributed by atoms with Crippen molar-refractivity contribution in [2.75, 3.05) is 14.1 Å². The number of rotatable bonds is 4. The van der Waals surface area contributed by atoms with Crippen molar-refractivity contribution < 1.29 is 9.90 Å². The summed E-state index contributed by atoms with van der Waals surface area (Å²) >= 11 is 0. The van der Waals surface area contributed by atoms with Gasteiger partial charge in [0, 0.05) is 12.7 Å². The molecule has 4 heteroatoms. The lowest BCUT2D eigenvalue weighted by Gasteiger charge is -2.11. The summed E-state index contributed by atoms with van der Waals surface area (Å²) in [5.74, 6) is -0.903. The second-order valence-electron chi connectivity index (χ2n) is 3.73. The van der Waals surface area contributed by atoms with Gasteiger partial charge in [-0.1, -0.05) is 6.92 Å². The Hall–Kier alpha value is -1.42. The summed E-state index contributed by atoms with van der Waals surface area (Å²) in [6, 6.07) is 1.70. The average Bonchev–Trinajstić information content (AvgIpc) is 2.16. The lowest BCUT2D eigenvalue weighted by atomic mass is 10.1. The van der Waals surface area contributed by atoms with Crippen LogP contribution in [0.5, 0.6) is 0 Å². The smallest absolute Gasteiger partial charge is 0.337 e. The molecular weight excluding hydrogens is 192 g/mol. The highest BCUT2D eigenvalue weighted by molar-refractivity contribution is 5.89. The Bertz CT molecular complexity index is 362. The van der Waals surface area contributed by atoms with Crippen LogP contribution in [0.1, 0.15) is 28.5 Å². The molecule has 0 unspecified atom stereocenters. The highest BCUT2D eigenvalue weighted by Gasteiger charge is 2.11. The van der Waals surface area contributed by atoms with Gasteiger partial charge in [0.05, 0.1) is 11.3 Å². The third-order valence-electron chi connectivity index (χ3n) is 2.09. The standard InChI is InChI=1S/C11H16N2O2/c1-4-10-9(11(14)15)5-8(6-12-10)7-13(2)3/h5-6H,4,7H2,1-3H3,(H,14,15). The van der Waals surface area contributed by atoms with Crippen molar-refractivity contribution in [3.8, 4) is 0 Å². The molecule has 1 aromatic rings. The molecule has 0 saturated heterocycles. The number of aromatic nitrogens is 1. The molecule has 0 atom stereocenters. The summed E-state index contributed by atoms with van der Waals surface area (Å²) in [4.78, 5) is 17.1. The van der Waals surface area contributed by atoms with Gasteiger partial charge < -0.3 is 10.0 Å². The zero-order chi connectivity index (χ0) is 11.4. The predicted molar refractivity (Wildman–Crippen MR) is 58.0 cm³/mol. The maximum absolute atomic E-state index is 11.0. The molecule has 0 spiro atoms. The van der Waals surface area contributed by atoms with Crippen molar-refractivity contribution >= 4 is 5.97 Å². The first-order valence-electron chi connectivity index (χ1n) is 4.90. The second kappa shape index (κ2) is 4.89. The van der Waals surface area contributed by atoms with Crippen LogP contribution in [0, 0.1) is 0 Å². The normalized spacial score (nSPS) is 10.7. The Labute approximate surface area is 89.6 Å². The van der Waals surface area contributed by atoms with Crippen molar-refractivity contribution in [3.63, 3.8) is 0 Å². The maximum Gasteiger partial charge on any atom is 0.337 e. The fourth-order valence-corrected chi connectivity index (χ4v) is 1.45. The van der Waals surface area contributed by atoms with Gasteiger partial charge in [0.25, 0.3) is 0 Å². The Morgan fingerprint density at radius 2 is 2.20 bits per heavy atom. The summed E-state index contributed by atoms with van der Waals surface area (Å²) in [6.45, 7) is 2.61. The Morgan fingerprint density at radius 3 is 2.67 bits per heavy atom. The van der Waals surface area contributed by atoms with Crippen LogP contribution in [0.15, 0.2) is 12.3 Å². The number of aromatic carboxylic acids is 1. The quantitative estimate of drug-likeness (QED) is 0.812. The van der Waals surface area contributed by atoms with Gasteiger partial charge in [0.15, 0.2) is 0 Å². The highest BCUT2D eigenvalue weighted by atomic mass is 16.4. The van der Waals surface area contributed by atoms with E-state index in [1.807, 2.05) is 25.9 Å². The zero-order valence-corrected chi connectivity index (χ0v) is 9.32. The van der Waals surface area contributed by atoms with E-state index in [0.717, 1.165) is 5.56 Å². The Morgan fingerprint density at radius 1 is 1.53 bits per heavy atom. The van der Waals surface area contributed by atoms with Crippen LogP contribution in [-0.4, -0.2) is 35.1 Å². The van der Waals surface area contributed by atoms with E-state index >= 15 is 0 Å². The third-order valence-corrected chi connectivity index (χ3v) is 2.09. The number of hydrogen-bond donors (Lipinski definition) is 1. The van der Waals surface area contributed by atoms with Gasteiger partial charge in [0.1, 0.15) is 0 Å². The third kappa shape index (κ3) is 3.02. The molecule has 4 nitrogen and oxygen atoms in total. The van der Waals surface area contributed by atoms with Crippen molar-refractivity contribution in [2.24, 2.45) is 0 Å². The molecule has 0 aromatic carbocycles. The van der Waals surface area contributed by atoms with Crippen LogP contribution in [0.25, 0.3) is 0 Å². The van der Waals surface area contributed by atoms with Crippen molar-refractivity contribution in [3.05, 3.63) is 29.1 Å². The van der Waals surface area contributed by atoms with E-state index < -0.39 is 5.97 Å². The monoisotopic (exact) mass is 208 g/mol. The van der Waals surface area contributed by atoms with Gasteiger partial charge in [-0.3, -0.25) is 4.98 Å². The first-order chi connectivity index (χ1) is 7.04. The molecule has 1 rings (SSSR count). The first-order valence-corrected chi connectivity index (χ1v) is 4.90. The average molecular weight is 208 g/mol. The minimum atomic E-state index is -0.903. The van der Waals surface area contributed by atoms with E-state index in [1.165, 1.54) is 0 Å². The summed E-state index contributed by atoms with van der Waals surface area (Å²) < 4.78 is 0. The highest BCUT2D eigenvalue weighted by Crippen LogP contribution is 2.11. The van der Waals surface area contributed by atoms with E-state index in [-0.39, 0.29) is 0 Å². The number of carbonyl (C=O) groups is 1. The van der Waals surface area contributed by atoms with Crippen molar-refractivity contribution in [2.45, 2.75) is 19.9 Å². The molecule has 0 radical (unpaired) electrons. The number of nitrogens with zero attached hydrogens (tertiary/aromatic N) is 2. The predicted octanol–water partition coefficient (Wildman–Crippen LogP) is 1.40. The Balaban J connectivity index is 3.05. The molecule has 1 aromatic heterocycles. The number of hydrogen-bond acceptors (Lipinski definition) is 3. The number of pyridine rings is 1. The fourth-order valence-electron chi connectivity index (χ4n) is 1.45. The molecule has 1 heterocycles. The molecule has 0 fully saturated rings. The van der Waals surface area contributed by atoms with Gasteiger partial charge in [-0.05, 0) is 32.1 Å². The van der Waals surface area contributed by atoms with Crippen LogP contribution >= 0.6 is 0 Å². The number of carboxylic acids is 1. The number of carboxylic acid groups (broad SMARTS) is 1. The van der Waals surface area contributed by atoms with Crippen LogP contribution in [-0.2, 0) is 13.0 Å². The van der Waals surface area contributed by atoms with E-state index in [2.05, 4.69) is 4.98 Å². The molecule has 1 N–H and O–H groups in total. The van der Waals surface area contributed by atoms with E-state index in [1.54, 1.807) is 12.3 Å². The molecule has 0 amide bonds. The molecule has 0 aliphatic carbocycles. The molecule has 0 aliphatic rings. The Kier molecular flexibility index (Phi) is 3.80. The summed E-state index contributed by atoms with van der Waals surface area (Å²) in [6.07, 6.45) is 2.38. The summed E-state index contributed by atoms with van der Waals surface area (Å²) in [5, 5.41) is 9.00. The van der Waals surface area contributed by atoms with Crippen LogP contribution in [0.3, 0.4) is 0 Å². The second-order valence-corrected chi connectivity index (χ2v) is 3.73. The van der Waals surface area contributed by atoms with E-state index in [4.69, 9.17) is 5.11 Å². The van der Waals surface area contributed by atoms with E-state index in [9.17, 15) is 4.79 Å². The van der Waals surface area contributed by atoms with Gasteiger partial charge in [-0.25, -0.2) is 4.79 Å². The van der Waals surface area contributed by atoms with E-state index in [0.29, 0.717) is 24.2 Å². The SMILES string of the molecule is CCc1ncc(CN(C)C)cc1C(=O)O. The minimum absolute atomic E-state index is 0.317. The largest absolute Gasteiger partial charge is 0.478 e. The molecule has 0 saturated carbocycles. The molecule has 0 aliphatic heterocycles. The first kappa shape index (κ1) is 11.7. The molecule has 82 valence electrons. The lowest BCUT2D eigenvalue weighted by Crippen LogP contribution is -2.13. The topological polar surface area (TPSA) is 53.4 Å². The molecule has 15 heavy (non-hydrogen) atoms. The van der Waals surface area contributed by atoms with Crippen LogP contribution < -0.4 is 0 Å². The lowest BCUT2D eigenvalue weighted by molar-refractivity contribution is 0.0695.